The van der Waals surface area contributed by atoms with Gasteiger partial charge in [0, 0.05) is 22.9 Å². The zero-order chi connectivity index (χ0) is 17.6. The molecule has 0 atom stereocenters. The van der Waals surface area contributed by atoms with Gasteiger partial charge in [-0.25, -0.2) is 13.1 Å². The Hall–Kier alpha value is -1.54. The second-order valence-electron chi connectivity index (χ2n) is 4.85. The van der Waals surface area contributed by atoms with Crippen molar-refractivity contribution in [2.24, 2.45) is 0 Å². The molecular formula is C16H17ClN2O3S2. The quantitative estimate of drug-likeness (QED) is 0.717. The molecular weight excluding hydrogens is 368 g/mol. The van der Waals surface area contributed by atoms with E-state index < -0.39 is 10.0 Å². The van der Waals surface area contributed by atoms with Crippen LogP contribution >= 0.6 is 23.4 Å². The van der Waals surface area contributed by atoms with Crippen LogP contribution in [0.25, 0.3) is 0 Å². The SMILES string of the molecule is CSc1ccccc1NC(=O)CCNS(=O)(=O)c1cccc(Cl)c1. The number of rotatable bonds is 7. The zero-order valence-corrected chi connectivity index (χ0v) is 15.3. The highest BCUT2D eigenvalue weighted by atomic mass is 35.5. The lowest BCUT2D eigenvalue weighted by Gasteiger charge is -2.10. The van der Waals surface area contributed by atoms with E-state index >= 15 is 0 Å². The number of thioether (sulfide) groups is 1. The summed E-state index contributed by atoms with van der Waals surface area (Å²) >= 11 is 7.32. The Morgan fingerprint density at radius 3 is 2.62 bits per heavy atom. The van der Waals surface area contributed by atoms with E-state index in [9.17, 15) is 13.2 Å². The summed E-state index contributed by atoms with van der Waals surface area (Å²) in [5.41, 5.74) is 0.715. The third kappa shape index (κ3) is 5.24. The molecule has 0 aliphatic rings. The van der Waals surface area contributed by atoms with Crippen LogP contribution in [0.2, 0.25) is 5.02 Å². The first-order valence-corrected chi connectivity index (χ1v) is 10.2. The van der Waals surface area contributed by atoms with Crippen molar-refractivity contribution in [2.75, 3.05) is 18.1 Å². The molecule has 1 amide bonds. The van der Waals surface area contributed by atoms with Crippen molar-refractivity contribution in [1.82, 2.24) is 4.72 Å². The predicted molar refractivity (Wildman–Crippen MR) is 98.1 cm³/mol. The van der Waals surface area contributed by atoms with Gasteiger partial charge in [-0.3, -0.25) is 4.79 Å². The molecule has 2 rings (SSSR count). The van der Waals surface area contributed by atoms with Gasteiger partial charge in [0.15, 0.2) is 0 Å². The molecule has 0 bridgehead atoms. The van der Waals surface area contributed by atoms with E-state index in [0.29, 0.717) is 10.7 Å². The largest absolute Gasteiger partial charge is 0.325 e. The molecule has 0 aliphatic carbocycles. The molecule has 5 nitrogen and oxygen atoms in total. The van der Waals surface area contributed by atoms with Crippen LogP contribution in [0.4, 0.5) is 5.69 Å². The standard InChI is InChI=1S/C16H17ClN2O3S2/c1-23-15-8-3-2-7-14(15)19-16(20)9-10-18-24(21,22)13-6-4-5-12(17)11-13/h2-8,11,18H,9-10H2,1H3,(H,19,20). The number of benzene rings is 2. The van der Waals surface area contributed by atoms with Gasteiger partial charge in [-0.2, -0.15) is 0 Å². The van der Waals surface area contributed by atoms with Crippen LogP contribution in [-0.2, 0) is 14.8 Å². The molecule has 0 unspecified atom stereocenters. The number of carbonyl (C=O) groups excluding carboxylic acids is 1. The molecule has 0 spiro atoms. The minimum Gasteiger partial charge on any atom is -0.325 e. The molecule has 2 N–H and O–H groups in total. The minimum absolute atomic E-state index is 0.00210. The van der Waals surface area contributed by atoms with Crippen molar-refractivity contribution in [3.05, 3.63) is 53.6 Å². The molecule has 0 radical (unpaired) electrons. The number of carbonyl (C=O) groups is 1. The highest BCUT2D eigenvalue weighted by Gasteiger charge is 2.14. The number of amides is 1. The van der Waals surface area contributed by atoms with Crippen molar-refractivity contribution in [3.63, 3.8) is 0 Å². The molecule has 0 aliphatic heterocycles. The Kier molecular flexibility index (Phi) is 6.68. The van der Waals surface area contributed by atoms with Crippen LogP contribution in [0.15, 0.2) is 58.3 Å². The van der Waals surface area contributed by atoms with Gasteiger partial charge in [0.1, 0.15) is 0 Å². The van der Waals surface area contributed by atoms with Crippen LogP contribution in [0, 0.1) is 0 Å². The van der Waals surface area contributed by atoms with Crippen molar-refractivity contribution in [1.29, 1.82) is 0 Å². The molecule has 0 heterocycles. The predicted octanol–water partition coefficient (Wildman–Crippen LogP) is 3.37. The fraction of sp³-hybridized carbons (Fsp3) is 0.188. The third-order valence-corrected chi connectivity index (χ3v) is 5.62. The van der Waals surface area contributed by atoms with Crippen LogP contribution in [0.5, 0.6) is 0 Å². The molecule has 0 saturated carbocycles. The summed E-state index contributed by atoms with van der Waals surface area (Å²) in [4.78, 5) is 13.0. The molecule has 2 aromatic rings. The Morgan fingerprint density at radius 2 is 1.92 bits per heavy atom. The van der Waals surface area contributed by atoms with Gasteiger partial charge in [0.05, 0.1) is 10.6 Å². The number of para-hydroxylation sites is 1. The van der Waals surface area contributed by atoms with Crippen molar-refractivity contribution >= 4 is 45.0 Å². The summed E-state index contributed by atoms with van der Waals surface area (Å²) in [6.45, 7) is 0.00210. The maximum absolute atomic E-state index is 12.1. The zero-order valence-electron chi connectivity index (χ0n) is 13.0. The molecule has 8 heteroatoms. The Bertz CT molecular complexity index is 826. The lowest BCUT2D eigenvalue weighted by Crippen LogP contribution is -2.27. The van der Waals surface area contributed by atoms with Gasteiger partial charge in [0.25, 0.3) is 0 Å². The number of hydrogen-bond donors (Lipinski definition) is 2. The average molecular weight is 385 g/mol. The summed E-state index contributed by atoms with van der Waals surface area (Å²) in [5.74, 6) is -0.259. The monoisotopic (exact) mass is 384 g/mol. The van der Waals surface area contributed by atoms with Crippen molar-refractivity contribution < 1.29 is 13.2 Å². The van der Waals surface area contributed by atoms with Gasteiger partial charge in [-0.05, 0) is 36.6 Å². The van der Waals surface area contributed by atoms with Crippen LogP contribution in [0.1, 0.15) is 6.42 Å². The average Bonchev–Trinajstić information content (AvgIpc) is 2.55. The number of anilines is 1. The molecule has 24 heavy (non-hydrogen) atoms. The normalized spacial score (nSPS) is 11.2. The molecule has 0 aromatic heterocycles. The van der Waals surface area contributed by atoms with E-state index in [-0.39, 0.29) is 23.8 Å². The Morgan fingerprint density at radius 1 is 1.17 bits per heavy atom. The third-order valence-electron chi connectivity index (χ3n) is 3.13. The topological polar surface area (TPSA) is 75.3 Å². The maximum Gasteiger partial charge on any atom is 0.240 e. The number of sulfonamides is 1. The maximum atomic E-state index is 12.1. The summed E-state index contributed by atoms with van der Waals surface area (Å²) in [5, 5.41) is 3.12. The number of nitrogens with one attached hydrogen (secondary N) is 2. The van der Waals surface area contributed by atoms with E-state index in [0.717, 1.165) is 4.90 Å². The Balaban J connectivity index is 1.90. The lowest BCUT2D eigenvalue weighted by molar-refractivity contribution is -0.116. The van der Waals surface area contributed by atoms with Gasteiger partial charge in [0.2, 0.25) is 15.9 Å². The fourth-order valence-electron chi connectivity index (χ4n) is 1.98. The fourth-order valence-corrected chi connectivity index (χ4v) is 3.86. The van der Waals surface area contributed by atoms with Gasteiger partial charge in [-0.1, -0.05) is 29.8 Å². The molecule has 0 fully saturated rings. The van der Waals surface area contributed by atoms with Crippen molar-refractivity contribution in [2.45, 2.75) is 16.2 Å². The van der Waals surface area contributed by atoms with E-state index in [1.54, 1.807) is 18.2 Å². The van der Waals surface area contributed by atoms with Gasteiger partial charge < -0.3 is 5.32 Å². The first-order valence-electron chi connectivity index (χ1n) is 7.10. The lowest BCUT2D eigenvalue weighted by atomic mass is 10.3. The van der Waals surface area contributed by atoms with Crippen LogP contribution in [-0.4, -0.2) is 27.1 Å². The molecule has 0 saturated heterocycles. The minimum atomic E-state index is -3.68. The summed E-state index contributed by atoms with van der Waals surface area (Å²) in [6, 6.07) is 13.4. The summed E-state index contributed by atoms with van der Waals surface area (Å²) in [7, 11) is -3.68. The highest BCUT2D eigenvalue weighted by molar-refractivity contribution is 7.98. The summed E-state index contributed by atoms with van der Waals surface area (Å²) in [6.07, 6.45) is 1.95. The van der Waals surface area contributed by atoms with E-state index in [1.807, 2.05) is 24.5 Å². The first-order chi connectivity index (χ1) is 11.4. The van der Waals surface area contributed by atoms with Crippen LogP contribution in [0.3, 0.4) is 0 Å². The van der Waals surface area contributed by atoms with Crippen LogP contribution < -0.4 is 10.0 Å². The van der Waals surface area contributed by atoms with Crippen molar-refractivity contribution in [3.8, 4) is 0 Å². The summed E-state index contributed by atoms with van der Waals surface area (Å²) < 4.78 is 26.6. The number of halogens is 1. The second-order valence-corrected chi connectivity index (χ2v) is 7.91. The molecule has 128 valence electrons. The Labute approximate surface area is 150 Å². The highest BCUT2D eigenvalue weighted by Crippen LogP contribution is 2.24. The van der Waals surface area contributed by atoms with E-state index in [2.05, 4.69) is 10.0 Å². The first kappa shape index (κ1) is 18.8. The number of hydrogen-bond acceptors (Lipinski definition) is 4. The van der Waals surface area contributed by atoms with Gasteiger partial charge in [-0.15, -0.1) is 11.8 Å². The second kappa shape index (κ2) is 8.53. The molecule has 2 aromatic carbocycles. The smallest absolute Gasteiger partial charge is 0.240 e. The van der Waals surface area contributed by atoms with Gasteiger partial charge >= 0.3 is 0 Å². The van der Waals surface area contributed by atoms with E-state index in [4.69, 9.17) is 11.6 Å². The van der Waals surface area contributed by atoms with E-state index in [1.165, 1.54) is 23.9 Å².